The molecule has 0 bridgehead atoms. The minimum Gasteiger partial charge on any atom is -0.341 e. The first-order valence-electron chi connectivity index (χ1n) is 7.65. The second kappa shape index (κ2) is 5.76. The summed E-state index contributed by atoms with van der Waals surface area (Å²) in [7, 11) is 1.96. The van der Waals surface area contributed by atoms with E-state index in [2.05, 4.69) is 21.8 Å². The molecule has 1 amide bonds. The zero-order valence-corrected chi connectivity index (χ0v) is 12.6. The van der Waals surface area contributed by atoms with Crippen molar-refractivity contribution in [3.8, 4) is 0 Å². The monoisotopic (exact) mass is 286 g/mol. The Balaban J connectivity index is 1.77. The molecule has 0 radical (unpaired) electrons. The Morgan fingerprint density at radius 2 is 2.29 bits per heavy atom. The number of aryl methyl sites for hydroxylation is 1. The van der Waals surface area contributed by atoms with Crippen LogP contribution in [0.4, 0.5) is 0 Å². The predicted molar refractivity (Wildman–Crippen MR) is 81.0 cm³/mol. The molecule has 0 aromatic carbocycles. The number of carbonyl (C=O) groups is 1. The minimum absolute atomic E-state index is 0.00616. The molecule has 1 N–H and O–H groups in total. The fourth-order valence-electron chi connectivity index (χ4n) is 2.76. The molecule has 2 aromatic rings. The van der Waals surface area contributed by atoms with Crippen LogP contribution in [0, 0.1) is 0 Å². The molecule has 1 atom stereocenters. The van der Waals surface area contributed by atoms with Crippen LogP contribution in [-0.2, 0) is 7.05 Å². The minimum atomic E-state index is -0.0370. The first kappa shape index (κ1) is 13.9. The molecule has 112 valence electrons. The molecule has 21 heavy (non-hydrogen) atoms. The van der Waals surface area contributed by atoms with Gasteiger partial charge in [0.2, 0.25) is 0 Å². The van der Waals surface area contributed by atoms with Crippen LogP contribution >= 0.6 is 0 Å². The Morgan fingerprint density at radius 3 is 2.90 bits per heavy atom. The fraction of sp³-hybridized carbons (Fsp3) is 0.500. The molecule has 0 saturated heterocycles. The van der Waals surface area contributed by atoms with E-state index in [9.17, 15) is 4.79 Å². The van der Waals surface area contributed by atoms with E-state index in [0.717, 1.165) is 24.4 Å². The smallest absolute Gasteiger partial charge is 0.268 e. The molecular formula is C16H22N4O. The molecule has 0 aliphatic heterocycles. The van der Waals surface area contributed by atoms with E-state index in [1.807, 2.05) is 36.1 Å². The van der Waals surface area contributed by atoms with E-state index < -0.39 is 0 Å². The van der Waals surface area contributed by atoms with Crippen LogP contribution in [0.3, 0.4) is 0 Å². The third-order valence-electron chi connectivity index (χ3n) is 4.00. The number of imidazole rings is 1. The van der Waals surface area contributed by atoms with Gasteiger partial charge in [0.15, 0.2) is 0 Å². The Hall–Kier alpha value is -2.04. The van der Waals surface area contributed by atoms with Gasteiger partial charge in [-0.25, -0.2) is 4.98 Å². The molecule has 5 nitrogen and oxygen atoms in total. The van der Waals surface area contributed by atoms with Crippen LogP contribution in [0.1, 0.15) is 61.0 Å². The lowest BCUT2D eigenvalue weighted by molar-refractivity contribution is 0.0922. The van der Waals surface area contributed by atoms with Gasteiger partial charge in [-0.3, -0.25) is 4.79 Å². The van der Waals surface area contributed by atoms with Gasteiger partial charge in [-0.15, -0.1) is 0 Å². The molecule has 3 rings (SSSR count). The van der Waals surface area contributed by atoms with E-state index in [-0.39, 0.29) is 11.9 Å². The summed E-state index contributed by atoms with van der Waals surface area (Å²) in [5.74, 6) is 0.906. The molecule has 1 aliphatic carbocycles. The van der Waals surface area contributed by atoms with Crippen LogP contribution in [0.25, 0.3) is 0 Å². The Bertz CT molecular complexity index is 624. The number of amides is 1. The highest BCUT2D eigenvalue weighted by atomic mass is 16.2. The molecule has 1 fully saturated rings. The predicted octanol–water partition coefficient (Wildman–Crippen LogP) is 2.83. The van der Waals surface area contributed by atoms with Crippen LogP contribution in [0.5, 0.6) is 0 Å². The fourth-order valence-corrected chi connectivity index (χ4v) is 2.76. The van der Waals surface area contributed by atoms with Crippen LogP contribution in [0.15, 0.2) is 30.7 Å². The van der Waals surface area contributed by atoms with Crippen LogP contribution < -0.4 is 5.32 Å². The topological polar surface area (TPSA) is 51.9 Å². The van der Waals surface area contributed by atoms with E-state index >= 15 is 0 Å². The molecule has 1 saturated carbocycles. The second-order valence-corrected chi connectivity index (χ2v) is 5.74. The Labute approximate surface area is 125 Å². The molecule has 2 heterocycles. The highest BCUT2D eigenvalue weighted by Gasteiger charge is 2.27. The van der Waals surface area contributed by atoms with Gasteiger partial charge in [-0.1, -0.05) is 13.3 Å². The summed E-state index contributed by atoms with van der Waals surface area (Å²) < 4.78 is 4.07. The van der Waals surface area contributed by atoms with Crippen molar-refractivity contribution in [1.82, 2.24) is 19.4 Å². The van der Waals surface area contributed by atoms with Crippen molar-refractivity contribution in [2.24, 2.45) is 7.05 Å². The van der Waals surface area contributed by atoms with Gasteiger partial charge in [-0.2, -0.15) is 0 Å². The first-order chi connectivity index (χ1) is 10.2. The lowest BCUT2D eigenvalue weighted by Gasteiger charge is -2.18. The average Bonchev–Trinajstić information content (AvgIpc) is 3.03. The van der Waals surface area contributed by atoms with Crippen molar-refractivity contribution in [3.63, 3.8) is 0 Å². The number of hydrogen-bond acceptors (Lipinski definition) is 2. The summed E-state index contributed by atoms with van der Waals surface area (Å²) in [6.45, 7) is 2.12. The SMILES string of the molecule is CCC[C@@H](NC(=O)c1cccn1C1CC1)c1nccn1C. The van der Waals surface area contributed by atoms with Crippen molar-refractivity contribution >= 4 is 5.91 Å². The summed E-state index contributed by atoms with van der Waals surface area (Å²) in [5.41, 5.74) is 0.757. The second-order valence-electron chi connectivity index (χ2n) is 5.74. The lowest BCUT2D eigenvalue weighted by atomic mass is 10.1. The highest BCUT2D eigenvalue weighted by molar-refractivity contribution is 5.93. The van der Waals surface area contributed by atoms with Crippen molar-refractivity contribution < 1.29 is 4.79 Å². The average molecular weight is 286 g/mol. The third-order valence-corrected chi connectivity index (χ3v) is 4.00. The Kier molecular flexibility index (Phi) is 3.82. The zero-order valence-electron chi connectivity index (χ0n) is 12.6. The quantitative estimate of drug-likeness (QED) is 0.887. The lowest BCUT2D eigenvalue weighted by Crippen LogP contribution is -2.31. The Morgan fingerprint density at radius 1 is 1.48 bits per heavy atom. The van der Waals surface area contributed by atoms with Crippen molar-refractivity contribution in [1.29, 1.82) is 0 Å². The maximum absolute atomic E-state index is 12.6. The first-order valence-corrected chi connectivity index (χ1v) is 7.65. The van der Waals surface area contributed by atoms with Crippen LogP contribution in [-0.4, -0.2) is 20.0 Å². The highest BCUT2D eigenvalue weighted by Crippen LogP contribution is 2.36. The molecule has 0 unspecified atom stereocenters. The van der Waals surface area contributed by atoms with Gasteiger partial charge in [0.05, 0.1) is 6.04 Å². The van der Waals surface area contributed by atoms with Crippen molar-refractivity contribution in [2.45, 2.75) is 44.7 Å². The van der Waals surface area contributed by atoms with Gasteiger partial charge in [0, 0.05) is 31.7 Å². The molecule has 1 aliphatic rings. The van der Waals surface area contributed by atoms with Crippen molar-refractivity contribution in [2.75, 3.05) is 0 Å². The number of hydrogen-bond donors (Lipinski definition) is 1. The van der Waals surface area contributed by atoms with Gasteiger partial charge in [0.25, 0.3) is 5.91 Å². The molecule has 0 spiro atoms. The molecular weight excluding hydrogens is 264 g/mol. The van der Waals surface area contributed by atoms with Crippen LogP contribution in [0.2, 0.25) is 0 Å². The van der Waals surface area contributed by atoms with E-state index in [0.29, 0.717) is 6.04 Å². The molecule has 2 aromatic heterocycles. The van der Waals surface area contributed by atoms with E-state index in [1.165, 1.54) is 12.8 Å². The third kappa shape index (κ3) is 2.86. The number of nitrogens with one attached hydrogen (secondary N) is 1. The number of aromatic nitrogens is 3. The zero-order chi connectivity index (χ0) is 14.8. The normalized spacial score (nSPS) is 15.9. The number of rotatable bonds is 6. The number of nitrogens with zero attached hydrogens (tertiary/aromatic N) is 3. The summed E-state index contributed by atoms with van der Waals surface area (Å²) >= 11 is 0. The van der Waals surface area contributed by atoms with Gasteiger partial charge in [0.1, 0.15) is 11.5 Å². The molecule has 5 heteroatoms. The maximum Gasteiger partial charge on any atom is 0.268 e. The van der Waals surface area contributed by atoms with Gasteiger partial charge in [-0.05, 0) is 31.4 Å². The van der Waals surface area contributed by atoms with Crippen molar-refractivity contribution in [3.05, 3.63) is 42.2 Å². The van der Waals surface area contributed by atoms with Gasteiger partial charge < -0.3 is 14.5 Å². The van der Waals surface area contributed by atoms with E-state index in [1.54, 1.807) is 6.20 Å². The van der Waals surface area contributed by atoms with E-state index in [4.69, 9.17) is 0 Å². The number of carbonyl (C=O) groups excluding carboxylic acids is 1. The standard InChI is InChI=1S/C16H22N4O/c1-3-5-13(15-17-9-11-19(15)2)18-16(21)14-6-4-10-20(14)12-7-8-12/h4,6,9-13H,3,5,7-8H2,1-2H3,(H,18,21)/t13-/m1/s1. The maximum atomic E-state index is 12.6. The summed E-state index contributed by atoms with van der Waals surface area (Å²) in [6.07, 6.45) is 9.93. The summed E-state index contributed by atoms with van der Waals surface area (Å²) in [4.78, 5) is 17.0. The largest absolute Gasteiger partial charge is 0.341 e. The van der Waals surface area contributed by atoms with Gasteiger partial charge >= 0.3 is 0 Å². The summed E-state index contributed by atoms with van der Waals surface area (Å²) in [5, 5.41) is 3.14. The summed E-state index contributed by atoms with van der Waals surface area (Å²) in [6, 6.07) is 4.32.